The topological polar surface area (TPSA) is 45.5 Å². The van der Waals surface area contributed by atoms with Gasteiger partial charge < -0.3 is 14.6 Å². The predicted molar refractivity (Wildman–Crippen MR) is 61.4 cm³/mol. The number of nitrogens with one attached hydrogen (secondary N) is 1. The predicted octanol–water partition coefficient (Wildman–Crippen LogP) is 1.41. The Balaban J connectivity index is 2.03. The van der Waals surface area contributed by atoms with Crippen molar-refractivity contribution in [2.45, 2.75) is 25.8 Å². The first kappa shape index (κ1) is 11.2. The Kier molecular flexibility index (Phi) is 3.29. The van der Waals surface area contributed by atoms with Crippen LogP contribution in [0.4, 0.5) is 0 Å². The lowest BCUT2D eigenvalue weighted by Gasteiger charge is -2.31. The fraction of sp³-hybridized carbons (Fsp3) is 0.583. The molecule has 0 saturated carbocycles. The van der Waals surface area contributed by atoms with E-state index in [4.69, 9.17) is 4.42 Å². The lowest BCUT2D eigenvalue weighted by Crippen LogP contribution is -2.43. The summed E-state index contributed by atoms with van der Waals surface area (Å²) in [7, 11) is 1.86. The molecule has 0 spiro atoms. The number of rotatable bonds is 2. The molecule has 1 aliphatic rings. The van der Waals surface area contributed by atoms with Gasteiger partial charge in [-0.2, -0.15) is 0 Å². The molecule has 0 radical (unpaired) electrons. The van der Waals surface area contributed by atoms with E-state index in [2.05, 4.69) is 5.32 Å². The van der Waals surface area contributed by atoms with E-state index in [9.17, 15) is 4.79 Å². The van der Waals surface area contributed by atoms with Crippen molar-refractivity contribution < 1.29 is 9.21 Å². The van der Waals surface area contributed by atoms with Crippen molar-refractivity contribution in [3.05, 3.63) is 23.7 Å². The first-order valence-corrected chi connectivity index (χ1v) is 5.73. The van der Waals surface area contributed by atoms with E-state index >= 15 is 0 Å². The van der Waals surface area contributed by atoms with Crippen molar-refractivity contribution in [1.29, 1.82) is 0 Å². The second-order valence-corrected chi connectivity index (χ2v) is 4.31. The average molecular weight is 222 g/mol. The van der Waals surface area contributed by atoms with Crippen molar-refractivity contribution in [1.82, 2.24) is 10.2 Å². The van der Waals surface area contributed by atoms with Gasteiger partial charge in [0.25, 0.3) is 5.91 Å². The highest BCUT2D eigenvalue weighted by molar-refractivity contribution is 5.91. The van der Waals surface area contributed by atoms with E-state index < -0.39 is 0 Å². The Hall–Kier alpha value is -1.29. The van der Waals surface area contributed by atoms with Gasteiger partial charge in [0.2, 0.25) is 0 Å². The van der Waals surface area contributed by atoms with E-state index in [-0.39, 0.29) is 5.91 Å². The SMILES string of the molecule is Cc1ccc(C(=O)N(C)C2CCNCC2)o1. The maximum Gasteiger partial charge on any atom is 0.289 e. The summed E-state index contributed by atoms with van der Waals surface area (Å²) in [5.74, 6) is 1.21. The first-order chi connectivity index (χ1) is 7.68. The van der Waals surface area contributed by atoms with Gasteiger partial charge in [-0.15, -0.1) is 0 Å². The van der Waals surface area contributed by atoms with Crippen LogP contribution < -0.4 is 5.32 Å². The van der Waals surface area contributed by atoms with Crippen LogP contribution in [-0.4, -0.2) is 37.0 Å². The van der Waals surface area contributed by atoms with Gasteiger partial charge in [-0.3, -0.25) is 4.79 Å². The van der Waals surface area contributed by atoms with E-state index in [1.165, 1.54) is 0 Å². The standard InChI is InChI=1S/C12H18N2O2/c1-9-3-4-11(16-9)12(15)14(2)10-5-7-13-8-6-10/h3-4,10,13H,5-8H2,1-2H3. The number of amides is 1. The third-order valence-corrected chi connectivity index (χ3v) is 3.13. The van der Waals surface area contributed by atoms with Crippen molar-refractivity contribution in [2.75, 3.05) is 20.1 Å². The van der Waals surface area contributed by atoms with Gasteiger partial charge in [0.15, 0.2) is 5.76 Å². The molecule has 0 bridgehead atoms. The van der Waals surface area contributed by atoms with Crippen LogP contribution in [0.2, 0.25) is 0 Å². The zero-order valence-corrected chi connectivity index (χ0v) is 9.82. The maximum atomic E-state index is 12.1. The molecular formula is C12H18N2O2. The van der Waals surface area contributed by atoms with Crippen LogP contribution in [0.15, 0.2) is 16.5 Å². The van der Waals surface area contributed by atoms with E-state index in [1.54, 1.807) is 11.0 Å². The van der Waals surface area contributed by atoms with Crippen LogP contribution in [-0.2, 0) is 0 Å². The highest BCUT2D eigenvalue weighted by Gasteiger charge is 2.24. The molecule has 88 valence electrons. The number of aryl methyl sites for hydroxylation is 1. The zero-order chi connectivity index (χ0) is 11.5. The quantitative estimate of drug-likeness (QED) is 0.823. The molecule has 1 aliphatic heterocycles. The summed E-state index contributed by atoms with van der Waals surface area (Å²) in [6.07, 6.45) is 2.03. The second kappa shape index (κ2) is 4.70. The third-order valence-electron chi connectivity index (χ3n) is 3.13. The Morgan fingerprint density at radius 1 is 1.44 bits per heavy atom. The number of carbonyl (C=O) groups excluding carboxylic acids is 1. The number of carbonyl (C=O) groups is 1. The van der Waals surface area contributed by atoms with Gasteiger partial charge >= 0.3 is 0 Å². The van der Waals surface area contributed by atoms with Crippen LogP contribution in [0.3, 0.4) is 0 Å². The summed E-state index contributed by atoms with van der Waals surface area (Å²) in [5.41, 5.74) is 0. The molecule has 1 amide bonds. The fourth-order valence-corrected chi connectivity index (χ4v) is 2.08. The smallest absolute Gasteiger partial charge is 0.289 e. The van der Waals surface area contributed by atoms with Crippen molar-refractivity contribution in [2.24, 2.45) is 0 Å². The van der Waals surface area contributed by atoms with Crippen LogP contribution in [0.5, 0.6) is 0 Å². The summed E-state index contributed by atoms with van der Waals surface area (Å²) in [5, 5.41) is 3.29. The number of piperidine rings is 1. The lowest BCUT2D eigenvalue weighted by molar-refractivity contribution is 0.0669. The molecule has 2 heterocycles. The summed E-state index contributed by atoms with van der Waals surface area (Å²) in [6.45, 7) is 3.82. The number of nitrogens with zero attached hydrogens (tertiary/aromatic N) is 1. The van der Waals surface area contributed by atoms with Crippen molar-refractivity contribution >= 4 is 5.91 Å². The number of hydrogen-bond acceptors (Lipinski definition) is 3. The summed E-state index contributed by atoms with van der Waals surface area (Å²) in [4.78, 5) is 13.9. The fourth-order valence-electron chi connectivity index (χ4n) is 2.08. The summed E-state index contributed by atoms with van der Waals surface area (Å²) >= 11 is 0. The van der Waals surface area contributed by atoms with Crippen LogP contribution in [0.25, 0.3) is 0 Å². The minimum absolute atomic E-state index is 0.0139. The molecule has 0 aromatic carbocycles. The minimum Gasteiger partial charge on any atom is -0.456 e. The zero-order valence-electron chi connectivity index (χ0n) is 9.82. The summed E-state index contributed by atoms with van der Waals surface area (Å²) < 4.78 is 5.35. The van der Waals surface area contributed by atoms with Gasteiger partial charge in [0.05, 0.1) is 0 Å². The average Bonchev–Trinajstić information content (AvgIpc) is 2.75. The monoisotopic (exact) mass is 222 g/mol. The molecular weight excluding hydrogens is 204 g/mol. The highest BCUT2D eigenvalue weighted by Crippen LogP contribution is 2.15. The van der Waals surface area contributed by atoms with Crippen LogP contribution >= 0.6 is 0 Å². The van der Waals surface area contributed by atoms with Crippen LogP contribution in [0.1, 0.15) is 29.2 Å². The molecule has 1 saturated heterocycles. The molecule has 1 aromatic rings. The molecule has 16 heavy (non-hydrogen) atoms. The van der Waals surface area contributed by atoms with E-state index in [0.717, 1.165) is 31.7 Å². The number of furan rings is 1. The number of hydrogen-bond donors (Lipinski definition) is 1. The van der Waals surface area contributed by atoms with Gasteiger partial charge in [-0.25, -0.2) is 0 Å². The van der Waals surface area contributed by atoms with E-state index in [1.807, 2.05) is 20.0 Å². The molecule has 0 aliphatic carbocycles. The Morgan fingerprint density at radius 2 is 2.12 bits per heavy atom. The second-order valence-electron chi connectivity index (χ2n) is 4.31. The molecule has 1 aromatic heterocycles. The summed E-state index contributed by atoms with van der Waals surface area (Å²) in [6, 6.07) is 3.90. The molecule has 0 atom stereocenters. The minimum atomic E-state index is -0.0139. The van der Waals surface area contributed by atoms with Crippen molar-refractivity contribution in [3.63, 3.8) is 0 Å². The van der Waals surface area contributed by atoms with E-state index in [0.29, 0.717) is 11.8 Å². The third kappa shape index (κ3) is 2.27. The van der Waals surface area contributed by atoms with Gasteiger partial charge in [0, 0.05) is 13.1 Å². The molecule has 1 fully saturated rings. The maximum absolute atomic E-state index is 12.1. The lowest BCUT2D eigenvalue weighted by atomic mass is 10.1. The molecule has 1 N–H and O–H groups in total. The Bertz CT molecular complexity index is 367. The van der Waals surface area contributed by atoms with Crippen molar-refractivity contribution in [3.8, 4) is 0 Å². The molecule has 4 nitrogen and oxygen atoms in total. The molecule has 4 heteroatoms. The largest absolute Gasteiger partial charge is 0.456 e. The van der Waals surface area contributed by atoms with Gasteiger partial charge in [-0.05, 0) is 45.0 Å². The van der Waals surface area contributed by atoms with Gasteiger partial charge in [-0.1, -0.05) is 0 Å². The van der Waals surface area contributed by atoms with Gasteiger partial charge in [0.1, 0.15) is 5.76 Å². The normalized spacial score (nSPS) is 17.4. The Morgan fingerprint density at radius 3 is 2.69 bits per heavy atom. The molecule has 0 unspecified atom stereocenters. The highest BCUT2D eigenvalue weighted by atomic mass is 16.3. The molecule has 2 rings (SSSR count). The van der Waals surface area contributed by atoms with Crippen LogP contribution in [0, 0.1) is 6.92 Å². The first-order valence-electron chi connectivity index (χ1n) is 5.73. The Labute approximate surface area is 95.6 Å².